The van der Waals surface area contributed by atoms with Crippen LogP contribution in [0.25, 0.3) is 0 Å². The van der Waals surface area contributed by atoms with Crippen molar-refractivity contribution in [1.29, 1.82) is 0 Å². The van der Waals surface area contributed by atoms with Crippen LogP contribution in [-0.2, 0) is 10.8 Å². The molecule has 4 heteroatoms. The van der Waals surface area contributed by atoms with Crippen molar-refractivity contribution in [2.75, 3.05) is 7.11 Å². The average Bonchev–Trinajstić information content (AvgIpc) is 3.13. The highest BCUT2D eigenvalue weighted by molar-refractivity contribution is 6.74. The first-order valence-corrected chi connectivity index (χ1v) is 16.5. The van der Waals surface area contributed by atoms with Crippen LogP contribution in [0.3, 0.4) is 0 Å². The largest absolute Gasteiger partial charge is 0.508 e. The lowest BCUT2D eigenvalue weighted by Crippen LogP contribution is -2.51. The Hall–Kier alpha value is -1.78. The zero-order valence-electron chi connectivity index (χ0n) is 22.7. The van der Waals surface area contributed by atoms with Crippen molar-refractivity contribution < 1.29 is 14.3 Å². The molecular weight excluding hydrogens is 448 g/mol. The maximum atomic E-state index is 10.3. The first kappa shape index (κ1) is 24.9. The quantitative estimate of drug-likeness (QED) is 0.439. The van der Waals surface area contributed by atoms with Gasteiger partial charge < -0.3 is 14.3 Å². The molecule has 0 aromatic heterocycles. The third-order valence-corrected chi connectivity index (χ3v) is 14.9. The molecule has 6 atom stereocenters. The number of hydrogen-bond donors (Lipinski definition) is 1. The van der Waals surface area contributed by atoms with Gasteiger partial charge in [-0.15, -0.1) is 0 Å². The number of phenols is 1. The van der Waals surface area contributed by atoms with E-state index < -0.39 is 8.32 Å². The standard InChI is InChI=1S/C31H44O3Si/c1-30(2,3)35(6,7)34-28-15-14-27-29-25(16-17-31(27,28)4)24-13-10-22(32)18-21(24)19-26(29)20-8-11-23(33-5)12-9-20/h8-13,18,25-29,32H,14-17,19H2,1-7H3/t25-,26+,27+,28+,29+,31+/m1/s1. The Balaban J connectivity index is 1.53. The predicted molar refractivity (Wildman–Crippen MR) is 146 cm³/mol. The number of ether oxygens (including phenoxy) is 1. The smallest absolute Gasteiger partial charge is 0.192 e. The Morgan fingerprint density at radius 2 is 1.69 bits per heavy atom. The molecule has 0 aliphatic heterocycles. The van der Waals surface area contributed by atoms with Gasteiger partial charge in [-0.2, -0.15) is 0 Å². The number of hydrogen-bond acceptors (Lipinski definition) is 3. The predicted octanol–water partition coefficient (Wildman–Crippen LogP) is 8.04. The Morgan fingerprint density at radius 3 is 2.34 bits per heavy atom. The summed E-state index contributed by atoms with van der Waals surface area (Å²) >= 11 is 0. The molecule has 0 saturated heterocycles. The summed E-state index contributed by atoms with van der Waals surface area (Å²) < 4.78 is 12.6. The van der Waals surface area contributed by atoms with Gasteiger partial charge in [0, 0.05) is 0 Å². The fourth-order valence-corrected chi connectivity index (χ4v) is 8.94. The van der Waals surface area contributed by atoms with Crippen molar-refractivity contribution in [3.8, 4) is 11.5 Å². The molecule has 2 aromatic rings. The summed E-state index contributed by atoms with van der Waals surface area (Å²) in [6.07, 6.45) is 6.25. The molecule has 3 nitrogen and oxygen atoms in total. The van der Waals surface area contributed by atoms with Gasteiger partial charge in [0.2, 0.25) is 0 Å². The molecule has 5 rings (SSSR count). The summed E-state index contributed by atoms with van der Waals surface area (Å²) in [5, 5.41) is 10.5. The van der Waals surface area contributed by atoms with E-state index in [1.54, 1.807) is 7.11 Å². The van der Waals surface area contributed by atoms with E-state index in [-0.39, 0.29) is 10.5 Å². The number of phenolic OH excluding ortho intramolecular Hbond substituents is 1. The van der Waals surface area contributed by atoms with Gasteiger partial charge in [0.05, 0.1) is 13.2 Å². The van der Waals surface area contributed by atoms with E-state index in [1.165, 1.54) is 42.4 Å². The van der Waals surface area contributed by atoms with Gasteiger partial charge in [-0.3, -0.25) is 0 Å². The number of fused-ring (bicyclic) bond motifs is 5. The molecule has 35 heavy (non-hydrogen) atoms. The zero-order valence-corrected chi connectivity index (χ0v) is 23.7. The molecule has 0 heterocycles. The maximum Gasteiger partial charge on any atom is 0.192 e. The molecule has 2 aromatic carbocycles. The third kappa shape index (κ3) is 4.15. The Bertz CT molecular complexity index is 1070. The normalized spacial score (nSPS) is 32.5. The lowest BCUT2D eigenvalue weighted by atomic mass is 9.51. The second kappa shape index (κ2) is 8.66. The second-order valence-corrected chi connectivity index (χ2v) is 18.0. The van der Waals surface area contributed by atoms with Crippen LogP contribution in [-0.4, -0.2) is 26.6 Å². The number of aromatic hydroxyl groups is 1. The highest BCUT2D eigenvalue weighted by atomic mass is 28.4. The molecule has 190 valence electrons. The Morgan fingerprint density at radius 1 is 0.971 bits per heavy atom. The summed E-state index contributed by atoms with van der Waals surface area (Å²) in [7, 11) is -0.0995. The van der Waals surface area contributed by atoms with Crippen LogP contribution in [0.5, 0.6) is 11.5 Å². The van der Waals surface area contributed by atoms with Gasteiger partial charge in [0.1, 0.15) is 11.5 Å². The fraction of sp³-hybridized carbons (Fsp3) is 0.613. The van der Waals surface area contributed by atoms with Crippen LogP contribution < -0.4 is 4.74 Å². The van der Waals surface area contributed by atoms with E-state index in [0.717, 1.165) is 12.2 Å². The maximum absolute atomic E-state index is 10.3. The third-order valence-electron chi connectivity index (χ3n) is 10.5. The first-order valence-electron chi connectivity index (χ1n) is 13.6. The summed E-state index contributed by atoms with van der Waals surface area (Å²) in [5.74, 6) is 3.57. The van der Waals surface area contributed by atoms with Crippen LogP contribution in [0.15, 0.2) is 42.5 Å². The second-order valence-electron chi connectivity index (χ2n) is 13.2. The van der Waals surface area contributed by atoms with E-state index in [4.69, 9.17) is 9.16 Å². The minimum atomic E-state index is -1.83. The molecular formula is C31H44O3Si. The van der Waals surface area contributed by atoms with Gasteiger partial charge >= 0.3 is 0 Å². The molecule has 0 spiro atoms. The molecule has 0 amide bonds. The summed E-state index contributed by atoms with van der Waals surface area (Å²) in [4.78, 5) is 0. The molecule has 0 bridgehead atoms. The minimum absolute atomic E-state index is 0.232. The molecule has 3 aliphatic rings. The summed E-state index contributed by atoms with van der Waals surface area (Å²) in [5.41, 5.74) is 4.46. The zero-order chi connectivity index (χ0) is 25.2. The molecule has 0 unspecified atom stereocenters. The van der Waals surface area contributed by atoms with E-state index in [9.17, 15) is 5.11 Å². The molecule has 3 aliphatic carbocycles. The van der Waals surface area contributed by atoms with Crippen LogP contribution in [0.4, 0.5) is 0 Å². The minimum Gasteiger partial charge on any atom is -0.508 e. The average molecular weight is 493 g/mol. The molecule has 1 N–H and O–H groups in total. The number of rotatable bonds is 4. The fourth-order valence-electron chi connectivity index (χ4n) is 7.49. The van der Waals surface area contributed by atoms with Crippen molar-refractivity contribution in [1.82, 2.24) is 0 Å². The van der Waals surface area contributed by atoms with Gasteiger partial charge in [0.25, 0.3) is 0 Å². The number of benzene rings is 2. The Kier molecular flexibility index (Phi) is 6.16. The van der Waals surface area contributed by atoms with Gasteiger partial charge in [-0.1, -0.05) is 45.9 Å². The van der Waals surface area contributed by atoms with Crippen molar-refractivity contribution in [2.45, 2.75) is 95.9 Å². The Labute approximate surface area is 213 Å². The van der Waals surface area contributed by atoms with Crippen molar-refractivity contribution in [3.63, 3.8) is 0 Å². The SMILES string of the molecule is COc1ccc([C@@H]2Cc3cc(O)ccc3[C@H]3CC[C@]4(C)[C@@H](O[Si](C)(C)C(C)(C)C)CC[C@H]4[C@@H]32)cc1. The monoisotopic (exact) mass is 492 g/mol. The molecule has 2 saturated carbocycles. The highest BCUT2D eigenvalue weighted by Gasteiger charge is 2.58. The van der Waals surface area contributed by atoms with Crippen LogP contribution in [0.2, 0.25) is 18.1 Å². The molecule has 0 radical (unpaired) electrons. The first-order chi connectivity index (χ1) is 16.4. The van der Waals surface area contributed by atoms with E-state index >= 15 is 0 Å². The van der Waals surface area contributed by atoms with E-state index in [1.807, 2.05) is 12.1 Å². The number of methoxy groups -OCH3 is 1. The topological polar surface area (TPSA) is 38.7 Å². The highest BCUT2D eigenvalue weighted by Crippen LogP contribution is 2.65. The lowest BCUT2D eigenvalue weighted by molar-refractivity contribution is -0.0224. The van der Waals surface area contributed by atoms with Crippen molar-refractivity contribution in [3.05, 3.63) is 59.2 Å². The van der Waals surface area contributed by atoms with E-state index in [0.29, 0.717) is 35.5 Å². The van der Waals surface area contributed by atoms with Crippen LogP contribution in [0.1, 0.15) is 81.9 Å². The van der Waals surface area contributed by atoms with Crippen molar-refractivity contribution >= 4 is 8.32 Å². The van der Waals surface area contributed by atoms with Gasteiger partial charge in [0.15, 0.2) is 8.32 Å². The van der Waals surface area contributed by atoms with Gasteiger partial charge in [-0.25, -0.2) is 0 Å². The summed E-state index contributed by atoms with van der Waals surface area (Å²) in [6, 6.07) is 14.9. The van der Waals surface area contributed by atoms with Crippen LogP contribution in [0, 0.1) is 17.3 Å². The summed E-state index contributed by atoms with van der Waals surface area (Å²) in [6.45, 7) is 14.5. The molecule has 2 fully saturated rings. The lowest BCUT2D eigenvalue weighted by Gasteiger charge is -2.54. The van der Waals surface area contributed by atoms with Crippen molar-refractivity contribution in [2.24, 2.45) is 17.3 Å². The van der Waals surface area contributed by atoms with E-state index in [2.05, 4.69) is 71.1 Å². The van der Waals surface area contributed by atoms with Crippen LogP contribution >= 0.6 is 0 Å². The van der Waals surface area contributed by atoms with Gasteiger partial charge in [-0.05, 0) is 120 Å².